The Morgan fingerprint density at radius 2 is 2.00 bits per heavy atom. The van der Waals surface area contributed by atoms with Gasteiger partial charge >= 0.3 is 0 Å². The van der Waals surface area contributed by atoms with E-state index in [0.717, 1.165) is 10.2 Å². The van der Waals surface area contributed by atoms with Gasteiger partial charge in [0.05, 0.1) is 25.4 Å². The molecule has 1 aromatic rings. The number of benzene rings is 1. The van der Waals surface area contributed by atoms with Crippen LogP contribution in [0.1, 0.15) is 13.8 Å². The fourth-order valence-electron chi connectivity index (χ4n) is 1.58. The van der Waals surface area contributed by atoms with Gasteiger partial charge in [-0.15, -0.1) is 0 Å². The lowest BCUT2D eigenvalue weighted by Crippen LogP contribution is -2.38. The first-order valence-electron chi connectivity index (χ1n) is 6.08. The second-order valence-corrected chi connectivity index (χ2v) is 5.01. The van der Waals surface area contributed by atoms with Gasteiger partial charge in [0.1, 0.15) is 18.5 Å². The zero-order valence-corrected chi connectivity index (χ0v) is 12.7. The van der Waals surface area contributed by atoms with E-state index in [-0.39, 0.29) is 12.2 Å². The first kappa shape index (κ1) is 16.0. The predicted molar refractivity (Wildman–Crippen MR) is 76.1 cm³/mol. The molecule has 0 N–H and O–H groups in total. The molecule has 19 heavy (non-hydrogen) atoms. The summed E-state index contributed by atoms with van der Waals surface area (Å²) in [5.74, 6) is 0.852. The van der Waals surface area contributed by atoms with Gasteiger partial charge in [0.2, 0.25) is 0 Å². The van der Waals surface area contributed by atoms with Crippen molar-refractivity contribution in [1.82, 2.24) is 0 Å². The summed E-state index contributed by atoms with van der Waals surface area (Å²) >= 11 is 3.38. The van der Waals surface area contributed by atoms with E-state index in [9.17, 15) is 0 Å². The van der Waals surface area contributed by atoms with Crippen molar-refractivity contribution in [3.05, 3.63) is 28.7 Å². The zero-order chi connectivity index (χ0) is 14.1. The molecule has 1 aliphatic rings. The molecule has 2 rings (SSSR count). The molecule has 1 saturated heterocycles. The van der Waals surface area contributed by atoms with Gasteiger partial charge in [-0.3, -0.25) is 0 Å². The number of halogens is 1. The molecule has 104 valence electrons. The van der Waals surface area contributed by atoms with Gasteiger partial charge in [-0.25, -0.2) is 0 Å². The van der Waals surface area contributed by atoms with E-state index in [4.69, 9.17) is 19.5 Å². The molecule has 1 fully saturated rings. The SMILES string of the molecule is CC#N.CC1COC[C@@H](COc2ccc(Br)cc2)O1. The first-order chi connectivity index (χ1) is 9.15. The lowest BCUT2D eigenvalue weighted by Gasteiger charge is -2.27. The number of hydrogen-bond acceptors (Lipinski definition) is 4. The fraction of sp³-hybridized carbons (Fsp3) is 0.500. The zero-order valence-electron chi connectivity index (χ0n) is 11.1. The molecule has 2 atom stereocenters. The highest BCUT2D eigenvalue weighted by Crippen LogP contribution is 2.17. The van der Waals surface area contributed by atoms with Crippen LogP contribution in [0.25, 0.3) is 0 Å². The monoisotopic (exact) mass is 327 g/mol. The molecule has 1 heterocycles. The highest BCUT2D eigenvalue weighted by molar-refractivity contribution is 9.10. The Bertz CT molecular complexity index is 402. The molecule has 0 spiro atoms. The fourth-order valence-corrected chi connectivity index (χ4v) is 1.84. The van der Waals surface area contributed by atoms with Crippen LogP contribution < -0.4 is 4.74 Å². The maximum Gasteiger partial charge on any atom is 0.119 e. The van der Waals surface area contributed by atoms with Gasteiger partial charge < -0.3 is 14.2 Å². The Labute approximate surface area is 122 Å². The van der Waals surface area contributed by atoms with Gasteiger partial charge in [0, 0.05) is 11.4 Å². The third kappa shape index (κ3) is 6.58. The van der Waals surface area contributed by atoms with E-state index >= 15 is 0 Å². The number of nitrogens with zero attached hydrogens (tertiary/aromatic N) is 1. The van der Waals surface area contributed by atoms with Gasteiger partial charge in [-0.1, -0.05) is 15.9 Å². The predicted octanol–water partition coefficient (Wildman–Crippen LogP) is 3.16. The third-order valence-electron chi connectivity index (χ3n) is 2.33. The second kappa shape index (κ2) is 8.92. The average molecular weight is 328 g/mol. The van der Waals surface area contributed by atoms with Crippen LogP contribution in [0.15, 0.2) is 28.7 Å². The molecule has 1 aromatic carbocycles. The molecular weight excluding hydrogens is 310 g/mol. The molecule has 5 heteroatoms. The van der Waals surface area contributed by atoms with Crippen molar-refractivity contribution < 1.29 is 14.2 Å². The van der Waals surface area contributed by atoms with Crippen LogP contribution in [0, 0.1) is 11.3 Å². The summed E-state index contributed by atoms with van der Waals surface area (Å²) in [6, 6.07) is 9.51. The van der Waals surface area contributed by atoms with Crippen LogP contribution in [0.2, 0.25) is 0 Å². The topological polar surface area (TPSA) is 51.5 Å². The largest absolute Gasteiger partial charge is 0.491 e. The van der Waals surface area contributed by atoms with Crippen molar-refractivity contribution in [3.8, 4) is 11.8 Å². The molecule has 0 bridgehead atoms. The van der Waals surface area contributed by atoms with Gasteiger partial charge in [-0.2, -0.15) is 5.26 Å². The van der Waals surface area contributed by atoms with E-state index in [1.165, 1.54) is 6.92 Å². The van der Waals surface area contributed by atoms with Crippen molar-refractivity contribution in [1.29, 1.82) is 5.26 Å². The van der Waals surface area contributed by atoms with Crippen molar-refractivity contribution in [2.45, 2.75) is 26.1 Å². The van der Waals surface area contributed by atoms with E-state index in [2.05, 4.69) is 15.9 Å². The van der Waals surface area contributed by atoms with Crippen LogP contribution >= 0.6 is 15.9 Å². The summed E-state index contributed by atoms with van der Waals surface area (Å²) in [4.78, 5) is 0. The summed E-state index contributed by atoms with van der Waals surface area (Å²) in [6.45, 7) is 5.26. The quantitative estimate of drug-likeness (QED) is 0.855. The van der Waals surface area contributed by atoms with Gasteiger partial charge in [-0.05, 0) is 31.2 Å². The maximum absolute atomic E-state index is 7.32. The molecule has 0 amide bonds. The van der Waals surface area contributed by atoms with Crippen molar-refractivity contribution in [2.75, 3.05) is 19.8 Å². The van der Waals surface area contributed by atoms with Crippen molar-refractivity contribution in [2.24, 2.45) is 0 Å². The number of hydrogen-bond donors (Lipinski definition) is 0. The lowest BCUT2D eigenvalue weighted by molar-refractivity contribution is -0.140. The van der Waals surface area contributed by atoms with E-state index in [1.54, 1.807) is 6.07 Å². The minimum absolute atomic E-state index is 0.0346. The second-order valence-electron chi connectivity index (χ2n) is 4.09. The lowest BCUT2D eigenvalue weighted by atomic mass is 10.3. The normalized spacial score (nSPS) is 21.8. The van der Waals surface area contributed by atoms with E-state index < -0.39 is 0 Å². The molecular formula is C14H18BrNO3. The third-order valence-corrected chi connectivity index (χ3v) is 2.86. The maximum atomic E-state index is 7.32. The minimum Gasteiger partial charge on any atom is -0.491 e. The van der Waals surface area contributed by atoms with Crippen LogP contribution in [0.5, 0.6) is 5.75 Å². The highest BCUT2D eigenvalue weighted by atomic mass is 79.9. The number of ether oxygens (including phenoxy) is 3. The summed E-state index contributed by atoms with van der Waals surface area (Å²) in [5.41, 5.74) is 0. The van der Waals surface area contributed by atoms with Gasteiger partial charge in [0.25, 0.3) is 0 Å². The summed E-state index contributed by atoms with van der Waals surface area (Å²) in [6.07, 6.45) is 0.194. The highest BCUT2D eigenvalue weighted by Gasteiger charge is 2.20. The van der Waals surface area contributed by atoms with Crippen LogP contribution in [-0.4, -0.2) is 32.0 Å². The van der Waals surface area contributed by atoms with E-state index in [1.807, 2.05) is 31.2 Å². The molecule has 4 nitrogen and oxygen atoms in total. The smallest absolute Gasteiger partial charge is 0.119 e. The molecule has 0 aliphatic carbocycles. The molecule has 0 saturated carbocycles. The standard InChI is InChI=1S/C12H15BrO3.C2H3N/c1-9-6-14-7-12(16-9)8-15-11-4-2-10(13)3-5-11;1-2-3/h2-5,9,12H,6-8H2,1H3;1H3/t9?,12-;/m0./s1. The van der Waals surface area contributed by atoms with Gasteiger partial charge in [0.15, 0.2) is 0 Å². The summed E-state index contributed by atoms with van der Waals surface area (Å²) in [7, 11) is 0. The Kier molecular flexibility index (Phi) is 7.49. The van der Waals surface area contributed by atoms with E-state index in [0.29, 0.717) is 19.8 Å². The molecule has 1 aliphatic heterocycles. The Balaban J connectivity index is 0.000000550. The number of nitriles is 1. The number of rotatable bonds is 3. The summed E-state index contributed by atoms with van der Waals surface area (Å²) < 4.78 is 17.7. The first-order valence-corrected chi connectivity index (χ1v) is 6.87. The van der Waals surface area contributed by atoms with Crippen LogP contribution in [0.4, 0.5) is 0 Å². The van der Waals surface area contributed by atoms with Crippen molar-refractivity contribution >= 4 is 15.9 Å². The molecule has 0 aromatic heterocycles. The molecule has 0 radical (unpaired) electrons. The Hall–Kier alpha value is -1.09. The minimum atomic E-state index is 0.0346. The Morgan fingerprint density at radius 3 is 2.58 bits per heavy atom. The average Bonchev–Trinajstić information content (AvgIpc) is 2.39. The van der Waals surface area contributed by atoms with Crippen molar-refractivity contribution in [3.63, 3.8) is 0 Å². The van der Waals surface area contributed by atoms with Crippen LogP contribution in [-0.2, 0) is 9.47 Å². The molecule has 1 unspecified atom stereocenters. The Morgan fingerprint density at radius 1 is 1.37 bits per heavy atom. The van der Waals surface area contributed by atoms with Crippen LogP contribution in [0.3, 0.4) is 0 Å². The summed E-state index contributed by atoms with van der Waals surface area (Å²) in [5, 5.41) is 7.32.